The highest BCUT2D eigenvalue weighted by Crippen LogP contribution is 2.17. The van der Waals surface area contributed by atoms with Crippen molar-refractivity contribution in [2.24, 2.45) is 7.05 Å². The van der Waals surface area contributed by atoms with Crippen molar-refractivity contribution in [2.45, 2.75) is 32.9 Å². The summed E-state index contributed by atoms with van der Waals surface area (Å²) in [4.78, 5) is 7.06. The Kier molecular flexibility index (Phi) is 4.43. The topological polar surface area (TPSA) is 29.9 Å². The number of hydrogen-bond donors (Lipinski definition) is 1. The van der Waals surface area contributed by atoms with E-state index in [0.717, 1.165) is 18.8 Å². The van der Waals surface area contributed by atoms with E-state index in [1.165, 1.54) is 9.75 Å². The summed E-state index contributed by atoms with van der Waals surface area (Å²) in [6.07, 6.45) is 2.74. The van der Waals surface area contributed by atoms with Crippen LogP contribution in [0.1, 0.15) is 22.5 Å². The van der Waals surface area contributed by atoms with E-state index in [1.807, 2.05) is 23.0 Å². The summed E-state index contributed by atoms with van der Waals surface area (Å²) in [6, 6.07) is 4.81. The Morgan fingerprint density at radius 2 is 2.28 bits per heavy atom. The minimum atomic E-state index is 0.429. The van der Waals surface area contributed by atoms with Crippen molar-refractivity contribution in [3.05, 3.63) is 39.1 Å². The van der Waals surface area contributed by atoms with Crippen LogP contribution in [0.4, 0.5) is 0 Å². The zero-order chi connectivity index (χ0) is 13.1. The quantitative estimate of drug-likeness (QED) is 0.913. The zero-order valence-corrected chi connectivity index (χ0v) is 12.5. The standard InChI is InChI=1S/C13H18ClN3S/c1-9(6-11-5-4-10(2)18-11)15-8-13-16-7-12(14)17(13)3/h4-5,7,9,15H,6,8H2,1-3H3. The monoisotopic (exact) mass is 283 g/mol. The van der Waals surface area contributed by atoms with Crippen molar-refractivity contribution in [1.82, 2.24) is 14.9 Å². The predicted molar refractivity (Wildman–Crippen MR) is 77.3 cm³/mol. The molecule has 18 heavy (non-hydrogen) atoms. The molecule has 0 bridgehead atoms. The van der Waals surface area contributed by atoms with Crippen LogP contribution in [0.5, 0.6) is 0 Å². The number of nitrogens with zero attached hydrogens (tertiary/aromatic N) is 2. The van der Waals surface area contributed by atoms with Gasteiger partial charge < -0.3 is 9.88 Å². The molecule has 98 valence electrons. The second kappa shape index (κ2) is 5.87. The van der Waals surface area contributed by atoms with Gasteiger partial charge in [0, 0.05) is 22.8 Å². The second-order valence-corrected chi connectivity index (χ2v) is 6.31. The van der Waals surface area contributed by atoms with Gasteiger partial charge in [-0.15, -0.1) is 11.3 Å². The molecule has 5 heteroatoms. The van der Waals surface area contributed by atoms with Crippen molar-refractivity contribution in [2.75, 3.05) is 0 Å². The number of imidazole rings is 1. The minimum Gasteiger partial charge on any atom is -0.321 e. The van der Waals surface area contributed by atoms with Crippen LogP contribution in [0.25, 0.3) is 0 Å². The number of aromatic nitrogens is 2. The molecule has 2 heterocycles. The molecule has 0 saturated carbocycles. The first-order valence-electron chi connectivity index (χ1n) is 6.01. The third-order valence-electron chi connectivity index (χ3n) is 2.94. The van der Waals surface area contributed by atoms with Gasteiger partial charge in [-0.25, -0.2) is 4.98 Å². The normalized spacial score (nSPS) is 12.9. The molecule has 2 aromatic heterocycles. The van der Waals surface area contributed by atoms with Gasteiger partial charge in [-0.1, -0.05) is 11.6 Å². The highest BCUT2D eigenvalue weighted by Gasteiger charge is 2.08. The Morgan fingerprint density at radius 1 is 1.50 bits per heavy atom. The van der Waals surface area contributed by atoms with Crippen molar-refractivity contribution < 1.29 is 0 Å². The zero-order valence-electron chi connectivity index (χ0n) is 10.9. The van der Waals surface area contributed by atoms with Crippen molar-refractivity contribution in [3.8, 4) is 0 Å². The van der Waals surface area contributed by atoms with Crippen LogP contribution in [-0.4, -0.2) is 15.6 Å². The molecule has 2 aromatic rings. The fraction of sp³-hybridized carbons (Fsp3) is 0.462. The molecule has 0 spiro atoms. The van der Waals surface area contributed by atoms with Gasteiger partial charge in [0.25, 0.3) is 0 Å². The van der Waals surface area contributed by atoms with E-state index in [1.54, 1.807) is 6.20 Å². The summed E-state index contributed by atoms with van der Waals surface area (Å²) in [5.41, 5.74) is 0. The minimum absolute atomic E-state index is 0.429. The summed E-state index contributed by atoms with van der Waals surface area (Å²) in [7, 11) is 1.93. The van der Waals surface area contributed by atoms with Gasteiger partial charge >= 0.3 is 0 Å². The maximum atomic E-state index is 5.95. The molecule has 3 nitrogen and oxygen atoms in total. The van der Waals surface area contributed by atoms with Crippen molar-refractivity contribution in [3.63, 3.8) is 0 Å². The van der Waals surface area contributed by atoms with Crippen LogP contribution >= 0.6 is 22.9 Å². The van der Waals surface area contributed by atoms with E-state index in [9.17, 15) is 0 Å². The highest BCUT2D eigenvalue weighted by atomic mass is 35.5. The van der Waals surface area contributed by atoms with Crippen LogP contribution < -0.4 is 5.32 Å². The first kappa shape index (κ1) is 13.6. The molecule has 0 amide bonds. The Morgan fingerprint density at radius 3 is 2.83 bits per heavy atom. The first-order chi connectivity index (χ1) is 8.56. The lowest BCUT2D eigenvalue weighted by Crippen LogP contribution is -2.28. The number of rotatable bonds is 5. The molecule has 0 radical (unpaired) electrons. The molecule has 2 rings (SSSR count). The molecule has 0 saturated heterocycles. The second-order valence-electron chi connectivity index (χ2n) is 4.55. The van der Waals surface area contributed by atoms with Crippen LogP contribution in [0, 0.1) is 6.92 Å². The number of hydrogen-bond acceptors (Lipinski definition) is 3. The smallest absolute Gasteiger partial charge is 0.128 e. The van der Waals surface area contributed by atoms with Crippen molar-refractivity contribution in [1.29, 1.82) is 0 Å². The number of halogens is 1. The largest absolute Gasteiger partial charge is 0.321 e. The SMILES string of the molecule is Cc1ccc(CC(C)NCc2ncc(Cl)n2C)s1. The molecule has 0 aliphatic carbocycles. The fourth-order valence-corrected chi connectivity index (χ4v) is 2.99. The van der Waals surface area contributed by atoms with E-state index >= 15 is 0 Å². The Labute approximate surface area is 117 Å². The molecule has 0 fully saturated rings. The number of nitrogens with one attached hydrogen (secondary N) is 1. The third kappa shape index (κ3) is 3.34. The van der Waals surface area contributed by atoms with Gasteiger partial charge in [0.2, 0.25) is 0 Å². The third-order valence-corrected chi connectivity index (χ3v) is 4.31. The van der Waals surface area contributed by atoms with Gasteiger partial charge in [-0.2, -0.15) is 0 Å². The van der Waals surface area contributed by atoms with Gasteiger partial charge in [0.1, 0.15) is 11.0 Å². The van der Waals surface area contributed by atoms with E-state index < -0.39 is 0 Å². The van der Waals surface area contributed by atoms with E-state index in [-0.39, 0.29) is 0 Å². The lowest BCUT2D eigenvalue weighted by Gasteiger charge is -2.12. The predicted octanol–water partition coefficient (Wildman–Crippen LogP) is 3.16. The lowest BCUT2D eigenvalue weighted by atomic mass is 10.2. The van der Waals surface area contributed by atoms with Crippen molar-refractivity contribution >= 4 is 22.9 Å². The molecule has 0 aliphatic heterocycles. The van der Waals surface area contributed by atoms with Gasteiger partial charge in [0.15, 0.2) is 0 Å². The summed E-state index contributed by atoms with van der Waals surface area (Å²) >= 11 is 7.81. The maximum absolute atomic E-state index is 5.95. The number of thiophene rings is 1. The first-order valence-corrected chi connectivity index (χ1v) is 7.20. The van der Waals surface area contributed by atoms with Crippen LogP contribution in [0.15, 0.2) is 18.3 Å². The van der Waals surface area contributed by atoms with Crippen LogP contribution in [0.2, 0.25) is 5.15 Å². The van der Waals surface area contributed by atoms with E-state index in [2.05, 4.69) is 36.3 Å². The summed E-state index contributed by atoms with van der Waals surface area (Å²) in [5, 5.41) is 4.15. The molecule has 0 aliphatic rings. The highest BCUT2D eigenvalue weighted by molar-refractivity contribution is 7.11. The van der Waals surface area contributed by atoms with Gasteiger partial charge in [0.05, 0.1) is 12.7 Å². The fourth-order valence-electron chi connectivity index (χ4n) is 1.82. The lowest BCUT2D eigenvalue weighted by molar-refractivity contribution is 0.528. The van der Waals surface area contributed by atoms with Crippen LogP contribution in [-0.2, 0) is 20.0 Å². The molecule has 1 N–H and O–H groups in total. The maximum Gasteiger partial charge on any atom is 0.128 e. The Bertz CT molecular complexity index is 518. The summed E-state index contributed by atoms with van der Waals surface area (Å²) in [5.74, 6) is 0.967. The average molecular weight is 284 g/mol. The van der Waals surface area contributed by atoms with Gasteiger partial charge in [-0.3, -0.25) is 0 Å². The van der Waals surface area contributed by atoms with E-state index in [0.29, 0.717) is 11.2 Å². The molecular formula is C13H18ClN3S. The molecule has 1 unspecified atom stereocenters. The summed E-state index contributed by atoms with van der Waals surface area (Å²) in [6.45, 7) is 5.08. The Balaban J connectivity index is 1.85. The molecular weight excluding hydrogens is 266 g/mol. The Hall–Kier alpha value is -0.840. The van der Waals surface area contributed by atoms with Crippen LogP contribution in [0.3, 0.4) is 0 Å². The molecule has 0 aromatic carbocycles. The molecule has 1 atom stereocenters. The average Bonchev–Trinajstić information content (AvgIpc) is 2.86. The summed E-state index contributed by atoms with van der Waals surface area (Å²) < 4.78 is 1.90. The van der Waals surface area contributed by atoms with E-state index in [4.69, 9.17) is 11.6 Å². The number of aryl methyl sites for hydroxylation is 1. The van der Waals surface area contributed by atoms with Gasteiger partial charge in [-0.05, 0) is 32.4 Å².